The van der Waals surface area contributed by atoms with Crippen molar-refractivity contribution in [2.45, 2.75) is 33.1 Å². The summed E-state index contributed by atoms with van der Waals surface area (Å²) in [5.41, 5.74) is 0.747. The third-order valence-electron chi connectivity index (χ3n) is 4.61. The van der Waals surface area contributed by atoms with Crippen LogP contribution >= 0.6 is 11.6 Å². The standard InChI is InChI=1S/C21H29ClN2O4/c1-4-10-23-21(26)16-7-6-11-24(14-16)19(25)9-8-15-12-17(22)20(27-3)18(13-15)28-5-2/h8-9,12-13,16H,4-7,10-11,14H2,1-3H3,(H,23,26)/b9-8+. The minimum absolute atomic E-state index is 0.0339. The number of rotatable bonds is 8. The molecule has 1 aliphatic heterocycles. The van der Waals surface area contributed by atoms with Crippen molar-refractivity contribution < 1.29 is 19.1 Å². The van der Waals surface area contributed by atoms with Crippen molar-refractivity contribution in [1.29, 1.82) is 0 Å². The number of amides is 2. The highest BCUT2D eigenvalue weighted by Crippen LogP contribution is 2.36. The molecule has 0 radical (unpaired) electrons. The van der Waals surface area contributed by atoms with Gasteiger partial charge in [-0.3, -0.25) is 9.59 Å². The van der Waals surface area contributed by atoms with Gasteiger partial charge in [0.15, 0.2) is 11.5 Å². The number of benzene rings is 1. The maximum absolute atomic E-state index is 12.6. The molecule has 0 aromatic heterocycles. The van der Waals surface area contributed by atoms with E-state index in [1.165, 1.54) is 13.2 Å². The zero-order valence-electron chi connectivity index (χ0n) is 16.8. The number of piperidine rings is 1. The van der Waals surface area contributed by atoms with Gasteiger partial charge in [-0.25, -0.2) is 0 Å². The molecular formula is C21H29ClN2O4. The topological polar surface area (TPSA) is 67.9 Å². The van der Waals surface area contributed by atoms with Gasteiger partial charge in [0.25, 0.3) is 0 Å². The van der Waals surface area contributed by atoms with E-state index in [0.717, 1.165) is 24.8 Å². The average Bonchev–Trinajstić information content (AvgIpc) is 2.70. The summed E-state index contributed by atoms with van der Waals surface area (Å²) in [6.45, 7) is 6.16. The first-order chi connectivity index (χ1) is 13.5. The summed E-state index contributed by atoms with van der Waals surface area (Å²) in [6, 6.07) is 3.51. The van der Waals surface area contributed by atoms with Crippen molar-refractivity contribution in [2.24, 2.45) is 5.92 Å². The Morgan fingerprint density at radius 3 is 2.82 bits per heavy atom. The maximum atomic E-state index is 12.6. The van der Waals surface area contributed by atoms with E-state index >= 15 is 0 Å². The molecule has 2 rings (SSSR count). The van der Waals surface area contributed by atoms with Gasteiger partial charge in [-0.05, 0) is 50.0 Å². The molecule has 0 saturated carbocycles. The van der Waals surface area contributed by atoms with Gasteiger partial charge in [0.1, 0.15) is 0 Å². The Bertz CT molecular complexity index is 721. The molecule has 1 heterocycles. The lowest BCUT2D eigenvalue weighted by molar-refractivity contribution is -0.132. The smallest absolute Gasteiger partial charge is 0.246 e. The van der Waals surface area contributed by atoms with Crippen LogP contribution in [-0.2, 0) is 9.59 Å². The number of ether oxygens (including phenoxy) is 2. The monoisotopic (exact) mass is 408 g/mol. The molecule has 1 fully saturated rings. The molecule has 1 saturated heterocycles. The minimum atomic E-state index is -0.141. The third kappa shape index (κ3) is 5.89. The van der Waals surface area contributed by atoms with E-state index < -0.39 is 0 Å². The predicted octanol–water partition coefficient (Wildman–Crippen LogP) is 3.53. The van der Waals surface area contributed by atoms with Crippen molar-refractivity contribution in [2.75, 3.05) is 33.4 Å². The second-order valence-corrected chi connectivity index (χ2v) is 7.12. The van der Waals surface area contributed by atoms with Crippen LogP contribution in [0.3, 0.4) is 0 Å². The van der Waals surface area contributed by atoms with Crippen LogP contribution in [0.15, 0.2) is 18.2 Å². The van der Waals surface area contributed by atoms with Crippen molar-refractivity contribution in [3.63, 3.8) is 0 Å². The molecule has 1 aliphatic rings. The lowest BCUT2D eigenvalue weighted by Gasteiger charge is -2.31. The van der Waals surface area contributed by atoms with Crippen LogP contribution in [0, 0.1) is 5.92 Å². The van der Waals surface area contributed by atoms with E-state index in [1.807, 2.05) is 13.8 Å². The van der Waals surface area contributed by atoms with E-state index in [4.69, 9.17) is 21.1 Å². The molecule has 6 nitrogen and oxygen atoms in total. The van der Waals surface area contributed by atoms with Crippen LogP contribution in [0.4, 0.5) is 0 Å². The summed E-state index contributed by atoms with van der Waals surface area (Å²) in [4.78, 5) is 26.5. The molecule has 28 heavy (non-hydrogen) atoms. The normalized spacial score (nSPS) is 16.9. The highest BCUT2D eigenvalue weighted by Gasteiger charge is 2.27. The summed E-state index contributed by atoms with van der Waals surface area (Å²) >= 11 is 6.25. The van der Waals surface area contributed by atoms with Crippen LogP contribution in [0.5, 0.6) is 11.5 Å². The predicted molar refractivity (Wildman–Crippen MR) is 111 cm³/mol. The fourth-order valence-corrected chi connectivity index (χ4v) is 3.50. The number of nitrogens with zero attached hydrogens (tertiary/aromatic N) is 1. The fourth-order valence-electron chi connectivity index (χ4n) is 3.20. The molecule has 154 valence electrons. The Balaban J connectivity index is 2.05. The number of carbonyl (C=O) groups is 2. The summed E-state index contributed by atoms with van der Waals surface area (Å²) < 4.78 is 10.8. The van der Waals surface area contributed by atoms with Crippen molar-refractivity contribution in [3.05, 3.63) is 28.8 Å². The fraction of sp³-hybridized carbons (Fsp3) is 0.524. The number of hydrogen-bond acceptors (Lipinski definition) is 4. The summed E-state index contributed by atoms with van der Waals surface area (Å²) in [7, 11) is 1.53. The van der Waals surface area contributed by atoms with E-state index in [9.17, 15) is 9.59 Å². The average molecular weight is 409 g/mol. The Kier molecular flexibility index (Phi) is 8.64. The molecule has 2 amide bonds. The number of nitrogens with one attached hydrogen (secondary N) is 1. The van der Waals surface area contributed by atoms with Crippen molar-refractivity contribution in [1.82, 2.24) is 10.2 Å². The third-order valence-corrected chi connectivity index (χ3v) is 4.89. The highest BCUT2D eigenvalue weighted by molar-refractivity contribution is 6.32. The van der Waals surface area contributed by atoms with Crippen LogP contribution in [-0.4, -0.2) is 50.1 Å². The zero-order chi connectivity index (χ0) is 20.5. The molecule has 7 heteroatoms. The second kappa shape index (κ2) is 11.0. The van der Waals surface area contributed by atoms with Gasteiger partial charge in [-0.15, -0.1) is 0 Å². The lowest BCUT2D eigenvalue weighted by atomic mass is 9.97. The van der Waals surface area contributed by atoms with Crippen LogP contribution in [0.1, 0.15) is 38.7 Å². The van der Waals surface area contributed by atoms with Crippen LogP contribution < -0.4 is 14.8 Å². The summed E-state index contributed by atoms with van der Waals surface area (Å²) in [5.74, 6) is 0.793. The van der Waals surface area contributed by atoms with E-state index in [0.29, 0.717) is 42.8 Å². The Morgan fingerprint density at radius 2 is 2.14 bits per heavy atom. The molecule has 1 aromatic rings. The van der Waals surface area contributed by atoms with Gasteiger partial charge < -0.3 is 19.7 Å². The Hall–Kier alpha value is -2.21. The quantitative estimate of drug-likeness (QED) is 0.668. The summed E-state index contributed by atoms with van der Waals surface area (Å²) in [5, 5.41) is 3.34. The SMILES string of the molecule is CCCNC(=O)C1CCCN(C(=O)/C=C/c2cc(Cl)c(OC)c(OCC)c2)C1. The Labute approximate surface area is 171 Å². The Morgan fingerprint density at radius 1 is 1.36 bits per heavy atom. The van der Waals surface area contributed by atoms with Gasteiger partial charge in [0.05, 0.1) is 24.7 Å². The molecule has 1 aromatic carbocycles. The molecule has 0 aliphatic carbocycles. The number of halogens is 1. The lowest BCUT2D eigenvalue weighted by Crippen LogP contribution is -2.45. The van der Waals surface area contributed by atoms with E-state index in [1.54, 1.807) is 23.1 Å². The van der Waals surface area contributed by atoms with E-state index in [-0.39, 0.29) is 17.7 Å². The van der Waals surface area contributed by atoms with Crippen LogP contribution in [0.2, 0.25) is 5.02 Å². The largest absolute Gasteiger partial charge is 0.491 e. The molecular weight excluding hydrogens is 380 g/mol. The van der Waals surface area contributed by atoms with Gasteiger partial charge in [0.2, 0.25) is 11.8 Å². The van der Waals surface area contributed by atoms with Gasteiger partial charge in [0, 0.05) is 25.7 Å². The molecule has 0 spiro atoms. The summed E-state index contributed by atoms with van der Waals surface area (Å²) in [6.07, 6.45) is 5.76. The number of likely N-dealkylation sites (tertiary alicyclic amines) is 1. The number of hydrogen-bond donors (Lipinski definition) is 1. The highest BCUT2D eigenvalue weighted by atomic mass is 35.5. The minimum Gasteiger partial charge on any atom is -0.491 e. The van der Waals surface area contributed by atoms with Crippen molar-refractivity contribution >= 4 is 29.5 Å². The van der Waals surface area contributed by atoms with Crippen LogP contribution in [0.25, 0.3) is 6.08 Å². The van der Waals surface area contributed by atoms with E-state index in [2.05, 4.69) is 5.32 Å². The molecule has 0 bridgehead atoms. The number of carbonyl (C=O) groups excluding carboxylic acids is 2. The second-order valence-electron chi connectivity index (χ2n) is 6.71. The molecule has 1 N–H and O–H groups in total. The first kappa shape index (κ1) is 22.1. The first-order valence-electron chi connectivity index (χ1n) is 9.75. The van der Waals surface area contributed by atoms with Gasteiger partial charge in [-0.2, -0.15) is 0 Å². The van der Waals surface area contributed by atoms with Gasteiger partial charge >= 0.3 is 0 Å². The molecule has 1 atom stereocenters. The maximum Gasteiger partial charge on any atom is 0.246 e. The molecule has 1 unspecified atom stereocenters. The zero-order valence-corrected chi connectivity index (χ0v) is 17.6. The first-order valence-corrected chi connectivity index (χ1v) is 10.1. The number of methoxy groups -OCH3 is 1. The van der Waals surface area contributed by atoms with Crippen molar-refractivity contribution in [3.8, 4) is 11.5 Å². The van der Waals surface area contributed by atoms with Gasteiger partial charge in [-0.1, -0.05) is 18.5 Å².